The quantitative estimate of drug-likeness (QED) is 0.706. The lowest BCUT2D eigenvalue weighted by atomic mass is 10.1. The number of hydrogen-bond acceptors (Lipinski definition) is 2. The summed E-state index contributed by atoms with van der Waals surface area (Å²) < 4.78 is 0. The Bertz CT molecular complexity index is 945. The first kappa shape index (κ1) is 18.4. The molecule has 0 radical (unpaired) electrons. The minimum atomic E-state index is -0.243. The van der Waals surface area contributed by atoms with Crippen molar-refractivity contribution in [2.24, 2.45) is 0 Å². The van der Waals surface area contributed by atoms with Gasteiger partial charge in [0.05, 0.1) is 0 Å². The highest BCUT2D eigenvalue weighted by atomic mass is 16.2. The minimum absolute atomic E-state index is 0.208. The lowest BCUT2D eigenvalue weighted by Gasteiger charge is -2.09. The molecule has 3 aromatic carbocycles. The van der Waals surface area contributed by atoms with Crippen LogP contribution >= 0.6 is 0 Å². The van der Waals surface area contributed by atoms with Crippen molar-refractivity contribution in [3.8, 4) is 0 Å². The van der Waals surface area contributed by atoms with E-state index in [0.717, 1.165) is 16.8 Å². The van der Waals surface area contributed by atoms with Gasteiger partial charge in [-0.3, -0.25) is 9.59 Å². The number of benzene rings is 3. The molecular formula is C23H22N2O2. The zero-order valence-electron chi connectivity index (χ0n) is 15.5. The molecular weight excluding hydrogens is 336 g/mol. The molecule has 0 saturated carbocycles. The predicted molar refractivity (Wildman–Crippen MR) is 108 cm³/mol. The van der Waals surface area contributed by atoms with Crippen LogP contribution in [0.4, 0.5) is 5.69 Å². The van der Waals surface area contributed by atoms with E-state index in [1.165, 1.54) is 5.56 Å². The third kappa shape index (κ3) is 5.05. The van der Waals surface area contributed by atoms with Crippen LogP contribution in [0.25, 0.3) is 0 Å². The van der Waals surface area contributed by atoms with Gasteiger partial charge in [-0.25, -0.2) is 0 Å². The van der Waals surface area contributed by atoms with Gasteiger partial charge in [0.25, 0.3) is 11.8 Å². The van der Waals surface area contributed by atoms with E-state index in [2.05, 4.69) is 10.6 Å². The van der Waals surface area contributed by atoms with Crippen LogP contribution in [0.5, 0.6) is 0 Å². The van der Waals surface area contributed by atoms with Crippen LogP contribution in [0.2, 0.25) is 0 Å². The molecule has 4 heteroatoms. The zero-order valence-corrected chi connectivity index (χ0v) is 15.5. The Hall–Kier alpha value is -3.40. The summed E-state index contributed by atoms with van der Waals surface area (Å²) in [6, 6.07) is 22.3. The smallest absolute Gasteiger partial charge is 0.255 e. The molecule has 3 aromatic rings. The summed E-state index contributed by atoms with van der Waals surface area (Å²) in [6.45, 7) is 4.46. The molecule has 0 unspecified atom stereocenters. The second-order valence-corrected chi connectivity index (χ2v) is 6.57. The van der Waals surface area contributed by atoms with Crippen molar-refractivity contribution >= 4 is 17.5 Å². The standard InChI is InChI=1S/C23H22N2O2/c1-16-6-10-18(11-7-16)15-24-22(26)19-4-3-5-20(14-19)23(27)25-21-12-8-17(2)9-13-21/h3-14H,15H2,1-2H3,(H,24,26)(H,25,27). The Labute approximate surface area is 159 Å². The molecule has 3 rings (SSSR count). The van der Waals surface area contributed by atoms with Crippen LogP contribution in [0.3, 0.4) is 0 Å². The molecule has 0 heterocycles. The third-order valence-corrected chi connectivity index (χ3v) is 4.27. The highest BCUT2D eigenvalue weighted by molar-refractivity contribution is 6.06. The van der Waals surface area contributed by atoms with E-state index < -0.39 is 0 Å². The molecule has 0 atom stereocenters. The van der Waals surface area contributed by atoms with Crippen molar-refractivity contribution in [3.05, 3.63) is 101 Å². The first-order valence-corrected chi connectivity index (χ1v) is 8.83. The number of carbonyl (C=O) groups excluding carboxylic acids is 2. The number of rotatable bonds is 5. The molecule has 0 aliphatic carbocycles. The van der Waals surface area contributed by atoms with Gasteiger partial charge in [-0.15, -0.1) is 0 Å². The van der Waals surface area contributed by atoms with E-state index in [1.807, 2.05) is 62.4 Å². The van der Waals surface area contributed by atoms with E-state index in [-0.39, 0.29) is 11.8 Å². The second-order valence-electron chi connectivity index (χ2n) is 6.57. The SMILES string of the molecule is Cc1ccc(CNC(=O)c2cccc(C(=O)Nc3ccc(C)cc3)c2)cc1. The number of amides is 2. The summed E-state index contributed by atoms with van der Waals surface area (Å²) in [5, 5.41) is 5.73. The largest absolute Gasteiger partial charge is 0.348 e. The zero-order chi connectivity index (χ0) is 19.2. The molecule has 136 valence electrons. The van der Waals surface area contributed by atoms with Crippen LogP contribution in [0, 0.1) is 13.8 Å². The summed E-state index contributed by atoms with van der Waals surface area (Å²) >= 11 is 0. The first-order chi connectivity index (χ1) is 13.0. The van der Waals surface area contributed by atoms with Gasteiger partial charge in [-0.05, 0) is 49.7 Å². The fraction of sp³-hybridized carbons (Fsp3) is 0.130. The lowest BCUT2D eigenvalue weighted by Crippen LogP contribution is -2.23. The normalized spacial score (nSPS) is 10.3. The summed E-state index contributed by atoms with van der Waals surface area (Å²) in [6.07, 6.45) is 0. The predicted octanol–water partition coefficient (Wildman–Crippen LogP) is 4.49. The van der Waals surface area contributed by atoms with Crippen molar-refractivity contribution in [1.29, 1.82) is 0 Å². The second kappa shape index (κ2) is 8.32. The van der Waals surface area contributed by atoms with Crippen LogP contribution in [-0.2, 0) is 6.54 Å². The number of hydrogen-bond donors (Lipinski definition) is 2. The molecule has 2 amide bonds. The molecule has 0 saturated heterocycles. The topological polar surface area (TPSA) is 58.2 Å². The van der Waals surface area contributed by atoms with Crippen LogP contribution in [-0.4, -0.2) is 11.8 Å². The summed E-state index contributed by atoms with van der Waals surface area (Å²) in [5.74, 6) is -0.451. The van der Waals surface area contributed by atoms with Crippen molar-refractivity contribution in [3.63, 3.8) is 0 Å². The van der Waals surface area contributed by atoms with Crippen molar-refractivity contribution in [2.45, 2.75) is 20.4 Å². The van der Waals surface area contributed by atoms with Crippen molar-refractivity contribution < 1.29 is 9.59 Å². The lowest BCUT2D eigenvalue weighted by molar-refractivity contribution is 0.0951. The molecule has 0 aliphatic rings. The Morgan fingerprint density at radius 3 is 1.93 bits per heavy atom. The molecule has 2 N–H and O–H groups in total. The number of anilines is 1. The van der Waals surface area contributed by atoms with E-state index in [1.54, 1.807) is 24.3 Å². The van der Waals surface area contributed by atoms with E-state index in [9.17, 15) is 9.59 Å². The minimum Gasteiger partial charge on any atom is -0.348 e. The Kier molecular flexibility index (Phi) is 5.67. The van der Waals surface area contributed by atoms with E-state index in [0.29, 0.717) is 17.7 Å². The summed E-state index contributed by atoms with van der Waals surface area (Å²) in [5.41, 5.74) is 4.96. The molecule has 0 spiro atoms. The number of nitrogens with one attached hydrogen (secondary N) is 2. The Morgan fingerprint density at radius 2 is 1.30 bits per heavy atom. The highest BCUT2D eigenvalue weighted by Crippen LogP contribution is 2.12. The van der Waals surface area contributed by atoms with Gasteiger partial charge >= 0.3 is 0 Å². The van der Waals surface area contributed by atoms with E-state index in [4.69, 9.17) is 0 Å². The molecule has 4 nitrogen and oxygen atoms in total. The Balaban J connectivity index is 1.65. The molecule has 0 bridgehead atoms. The average Bonchev–Trinajstić information content (AvgIpc) is 2.69. The summed E-state index contributed by atoms with van der Waals surface area (Å²) in [4.78, 5) is 24.9. The average molecular weight is 358 g/mol. The highest BCUT2D eigenvalue weighted by Gasteiger charge is 2.11. The Morgan fingerprint density at radius 1 is 0.741 bits per heavy atom. The molecule has 0 fully saturated rings. The molecule has 27 heavy (non-hydrogen) atoms. The van der Waals surface area contributed by atoms with Crippen LogP contribution < -0.4 is 10.6 Å². The van der Waals surface area contributed by atoms with Crippen molar-refractivity contribution in [2.75, 3.05) is 5.32 Å². The fourth-order valence-corrected chi connectivity index (χ4v) is 2.63. The van der Waals surface area contributed by atoms with Gasteiger partial charge in [0.15, 0.2) is 0 Å². The monoisotopic (exact) mass is 358 g/mol. The van der Waals surface area contributed by atoms with Crippen LogP contribution in [0.15, 0.2) is 72.8 Å². The van der Waals surface area contributed by atoms with Crippen LogP contribution in [0.1, 0.15) is 37.4 Å². The molecule has 0 aromatic heterocycles. The van der Waals surface area contributed by atoms with E-state index >= 15 is 0 Å². The maximum absolute atomic E-state index is 12.4. The fourth-order valence-electron chi connectivity index (χ4n) is 2.63. The van der Waals surface area contributed by atoms with Crippen molar-refractivity contribution in [1.82, 2.24) is 5.32 Å². The van der Waals surface area contributed by atoms with Gasteiger partial charge in [0.2, 0.25) is 0 Å². The van der Waals surface area contributed by atoms with Gasteiger partial charge in [-0.1, -0.05) is 53.6 Å². The van der Waals surface area contributed by atoms with Gasteiger partial charge < -0.3 is 10.6 Å². The third-order valence-electron chi connectivity index (χ3n) is 4.27. The maximum atomic E-state index is 12.4. The maximum Gasteiger partial charge on any atom is 0.255 e. The molecule has 0 aliphatic heterocycles. The number of aryl methyl sites for hydroxylation is 2. The van der Waals surface area contributed by atoms with Gasteiger partial charge in [0, 0.05) is 23.4 Å². The summed E-state index contributed by atoms with van der Waals surface area (Å²) in [7, 11) is 0. The van der Waals surface area contributed by atoms with Gasteiger partial charge in [0.1, 0.15) is 0 Å². The first-order valence-electron chi connectivity index (χ1n) is 8.83. The number of carbonyl (C=O) groups is 2. The van der Waals surface area contributed by atoms with Gasteiger partial charge in [-0.2, -0.15) is 0 Å².